The van der Waals surface area contributed by atoms with Gasteiger partial charge in [0.15, 0.2) is 11.9 Å². The first-order valence-corrected chi connectivity index (χ1v) is 15.6. The Bertz CT molecular complexity index is 1360. The van der Waals surface area contributed by atoms with Gasteiger partial charge in [0, 0.05) is 56.4 Å². The zero-order valence-corrected chi connectivity index (χ0v) is 25.4. The van der Waals surface area contributed by atoms with Gasteiger partial charge in [-0.2, -0.15) is 0 Å². The summed E-state index contributed by atoms with van der Waals surface area (Å²) in [6.07, 6.45) is 5.52. The Balaban J connectivity index is 0.960. The lowest BCUT2D eigenvalue weighted by molar-refractivity contribution is -0.614. The van der Waals surface area contributed by atoms with Crippen LogP contribution in [0.3, 0.4) is 0 Å². The average Bonchev–Trinajstić information content (AvgIpc) is 3.03. The molecule has 9 nitrogen and oxygen atoms in total. The maximum Gasteiger partial charge on any atom is 0.246 e. The van der Waals surface area contributed by atoms with Crippen LogP contribution in [0, 0.1) is 23.7 Å². The van der Waals surface area contributed by atoms with Gasteiger partial charge in [-0.1, -0.05) is 38.1 Å². The zero-order chi connectivity index (χ0) is 29.8. The van der Waals surface area contributed by atoms with E-state index in [-0.39, 0.29) is 17.7 Å². The van der Waals surface area contributed by atoms with Gasteiger partial charge in [-0.25, -0.2) is 9.78 Å². The summed E-state index contributed by atoms with van der Waals surface area (Å²) >= 11 is 0. The summed E-state index contributed by atoms with van der Waals surface area (Å²) in [6.45, 7) is 9.27. The van der Waals surface area contributed by atoms with Gasteiger partial charge < -0.3 is 28.7 Å². The summed E-state index contributed by atoms with van der Waals surface area (Å²) in [5.74, 6) is 1.95. The summed E-state index contributed by atoms with van der Waals surface area (Å²) in [7, 11) is 1.69. The van der Waals surface area contributed by atoms with Crippen LogP contribution < -0.4 is 14.4 Å². The topological polar surface area (TPSA) is 78.9 Å². The number of carbonyl (C=O) groups excluding carboxylic acids is 1. The molecule has 8 atom stereocenters. The van der Waals surface area contributed by atoms with E-state index in [9.17, 15) is 4.79 Å². The smallest absolute Gasteiger partial charge is 0.246 e. The highest BCUT2D eigenvalue weighted by Crippen LogP contribution is 2.62. The minimum Gasteiger partial charge on any atom is -0.495 e. The number of fused-ring (bicyclic) bond motifs is 1. The van der Waals surface area contributed by atoms with E-state index in [1.165, 1.54) is 0 Å². The van der Waals surface area contributed by atoms with Crippen LogP contribution >= 0.6 is 0 Å². The fourth-order valence-corrected chi connectivity index (χ4v) is 7.94. The Hall–Kier alpha value is -3.11. The van der Waals surface area contributed by atoms with Crippen molar-refractivity contribution in [3.8, 4) is 11.5 Å². The summed E-state index contributed by atoms with van der Waals surface area (Å²) in [5.41, 5.74) is 1.41. The van der Waals surface area contributed by atoms with Crippen molar-refractivity contribution in [1.29, 1.82) is 0 Å². The predicted octanol–water partition coefficient (Wildman–Crippen LogP) is 5.25. The summed E-state index contributed by atoms with van der Waals surface area (Å²) < 4.78 is 24.7. The number of benzene rings is 2. The second-order valence-electron chi connectivity index (χ2n) is 12.9. The van der Waals surface area contributed by atoms with Crippen LogP contribution in [0.25, 0.3) is 6.08 Å². The lowest BCUT2D eigenvalue weighted by atomic mass is 9.56. The molecule has 2 bridgehead atoms. The molecule has 0 aromatic heterocycles. The highest BCUT2D eigenvalue weighted by atomic mass is 17.3. The second kappa shape index (κ2) is 11.1. The van der Waals surface area contributed by atoms with Crippen molar-refractivity contribution in [2.24, 2.45) is 23.7 Å². The van der Waals surface area contributed by atoms with Gasteiger partial charge in [0.2, 0.25) is 18.0 Å². The fourth-order valence-electron chi connectivity index (χ4n) is 7.94. The quantitative estimate of drug-likeness (QED) is 0.333. The number of piperazine rings is 1. The minimum atomic E-state index is -0.799. The maximum atomic E-state index is 12.9. The molecule has 6 fully saturated rings. The largest absolute Gasteiger partial charge is 0.495 e. The van der Waals surface area contributed by atoms with Gasteiger partial charge in [-0.05, 0) is 61.6 Å². The molecule has 5 heterocycles. The predicted molar refractivity (Wildman–Crippen MR) is 160 cm³/mol. The Labute approximate surface area is 253 Å². The normalized spacial score (nSPS) is 36.8. The third-order valence-corrected chi connectivity index (χ3v) is 10.3. The van der Waals surface area contributed by atoms with Crippen LogP contribution in [-0.4, -0.2) is 68.1 Å². The number of hydrogen-bond acceptors (Lipinski definition) is 8. The number of methoxy groups -OCH3 is 1. The molecule has 2 unspecified atom stereocenters. The van der Waals surface area contributed by atoms with Gasteiger partial charge >= 0.3 is 0 Å². The Kier molecular flexibility index (Phi) is 7.40. The van der Waals surface area contributed by atoms with E-state index in [0.717, 1.165) is 49.4 Å². The Morgan fingerprint density at radius 3 is 2.51 bits per heavy atom. The van der Waals surface area contributed by atoms with Gasteiger partial charge in [-0.3, -0.25) is 4.79 Å². The van der Waals surface area contributed by atoms with Crippen molar-refractivity contribution in [2.75, 3.05) is 38.2 Å². The van der Waals surface area contributed by atoms with Gasteiger partial charge in [0.1, 0.15) is 11.5 Å². The SMILES string of the molecule is COc1ccccc1N1CCN(C(=O)/C=C/c2ccc(O[C@H]3O[C@@H]4O[C@]5(C)CC6[C@H](C)CCC([C@H]3C)[C@]64OO5)cc2)CC1. The van der Waals surface area contributed by atoms with Gasteiger partial charge in [0.05, 0.1) is 12.8 Å². The van der Waals surface area contributed by atoms with Crippen molar-refractivity contribution in [2.45, 2.75) is 64.0 Å². The highest BCUT2D eigenvalue weighted by Gasteiger charge is 2.72. The van der Waals surface area contributed by atoms with E-state index in [1.807, 2.05) is 60.4 Å². The number of ether oxygens (including phenoxy) is 4. The van der Waals surface area contributed by atoms with Crippen molar-refractivity contribution >= 4 is 17.7 Å². The van der Waals surface area contributed by atoms with Crippen LogP contribution in [0.4, 0.5) is 5.69 Å². The molecular formula is C34H42N2O7. The van der Waals surface area contributed by atoms with Crippen LogP contribution in [0.5, 0.6) is 11.5 Å². The fraction of sp³-hybridized carbons (Fsp3) is 0.559. The molecule has 8 rings (SSSR count). The molecule has 43 heavy (non-hydrogen) atoms. The summed E-state index contributed by atoms with van der Waals surface area (Å²) in [6, 6.07) is 15.8. The van der Waals surface area contributed by atoms with Gasteiger partial charge in [-0.15, -0.1) is 0 Å². The number of anilines is 1. The minimum absolute atomic E-state index is 0.0140. The molecule has 0 N–H and O–H groups in total. The molecule has 1 aliphatic carbocycles. The van der Waals surface area contributed by atoms with E-state index in [1.54, 1.807) is 13.2 Å². The molecule has 1 amide bonds. The van der Waals surface area contributed by atoms with Gasteiger partial charge in [0.25, 0.3) is 0 Å². The lowest BCUT2D eigenvalue weighted by Gasteiger charge is -2.66. The van der Waals surface area contributed by atoms with E-state index < -0.39 is 24.0 Å². The third-order valence-electron chi connectivity index (χ3n) is 10.3. The Morgan fingerprint density at radius 1 is 0.977 bits per heavy atom. The van der Waals surface area contributed by atoms with Crippen molar-refractivity contribution < 1.29 is 33.5 Å². The summed E-state index contributed by atoms with van der Waals surface area (Å²) in [5, 5.41) is 0. The number of amides is 1. The van der Waals surface area contributed by atoms with Crippen LogP contribution in [0.15, 0.2) is 54.6 Å². The molecule has 6 aliphatic rings. The molecule has 1 saturated carbocycles. The number of rotatable bonds is 6. The molecule has 0 radical (unpaired) electrons. The zero-order valence-electron chi connectivity index (χ0n) is 25.4. The van der Waals surface area contributed by atoms with Crippen LogP contribution in [-0.2, 0) is 24.0 Å². The number of nitrogens with zero attached hydrogens (tertiary/aromatic N) is 2. The molecule has 2 aromatic rings. The van der Waals surface area contributed by atoms with Crippen molar-refractivity contribution in [3.05, 3.63) is 60.2 Å². The standard InChI is InChI=1S/C34H42N2O7/c1-22-9-15-26-23(2)31(40-32-34(26)27(22)21-33(3,41-32)42-43-34)39-25-13-10-24(11-14-25)12-16-30(37)36-19-17-35(18-20-36)28-7-5-6-8-29(28)38-4/h5-8,10-14,16,22-23,26-27,31-32H,9,15,17-21H2,1-4H3/b16-12+/t22-,23-,26?,27?,31+,32-,33+,34+/m1/s1. The maximum absolute atomic E-state index is 12.9. The van der Waals surface area contributed by atoms with E-state index in [0.29, 0.717) is 30.7 Å². The monoisotopic (exact) mass is 590 g/mol. The molecule has 5 aliphatic heterocycles. The first-order chi connectivity index (χ1) is 20.8. The molecule has 5 saturated heterocycles. The van der Waals surface area contributed by atoms with Crippen LogP contribution in [0.2, 0.25) is 0 Å². The number of para-hydroxylation sites is 2. The number of carbonyl (C=O) groups is 1. The first-order valence-electron chi connectivity index (χ1n) is 15.6. The van der Waals surface area contributed by atoms with E-state index in [2.05, 4.69) is 24.8 Å². The average molecular weight is 591 g/mol. The molecule has 9 heteroatoms. The highest BCUT2D eigenvalue weighted by molar-refractivity contribution is 5.92. The number of hydrogen-bond donors (Lipinski definition) is 0. The lowest BCUT2D eigenvalue weighted by Crippen LogP contribution is -2.76. The van der Waals surface area contributed by atoms with E-state index >= 15 is 0 Å². The second-order valence-corrected chi connectivity index (χ2v) is 12.9. The van der Waals surface area contributed by atoms with Crippen molar-refractivity contribution in [3.63, 3.8) is 0 Å². The molecular weight excluding hydrogens is 548 g/mol. The first kappa shape index (κ1) is 28.6. The van der Waals surface area contributed by atoms with Crippen molar-refractivity contribution in [1.82, 2.24) is 4.90 Å². The third kappa shape index (κ3) is 5.00. The molecule has 230 valence electrons. The molecule has 1 spiro atoms. The summed E-state index contributed by atoms with van der Waals surface area (Å²) in [4.78, 5) is 29.0. The van der Waals surface area contributed by atoms with E-state index in [4.69, 9.17) is 28.7 Å². The Morgan fingerprint density at radius 2 is 1.74 bits per heavy atom. The van der Waals surface area contributed by atoms with Crippen LogP contribution in [0.1, 0.15) is 45.6 Å². The molecule has 2 aromatic carbocycles.